The highest BCUT2D eigenvalue weighted by atomic mass is 16.5. The molecule has 0 unspecified atom stereocenters. The van der Waals surface area contributed by atoms with Gasteiger partial charge in [-0.05, 0) is 150 Å². The van der Waals surface area contributed by atoms with Gasteiger partial charge in [-0.15, -0.1) is 0 Å². The van der Waals surface area contributed by atoms with Crippen molar-refractivity contribution in [1.29, 1.82) is 0 Å². The van der Waals surface area contributed by atoms with Gasteiger partial charge in [0.2, 0.25) is 5.91 Å². The normalized spacial score (nSPS) is 14.1. The average Bonchev–Trinajstić information content (AvgIpc) is 3.71. The number of carbonyl (C=O) groups excluding carboxylic acids is 1. The van der Waals surface area contributed by atoms with Gasteiger partial charge in [0.05, 0.1) is 43.7 Å². The highest BCUT2D eigenvalue weighted by Gasteiger charge is 2.18. The van der Waals surface area contributed by atoms with Gasteiger partial charge in [0.15, 0.2) is 0 Å². The fourth-order valence-corrected chi connectivity index (χ4v) is 9.54. The van der Waals surface area contributed by atoms with Crippen LogP contribution >= 0.6 is 0 Å². The molecule has 0 bridgehead atoms. The first-order chi connectivity index (χ1) is 41.6. The molecule has 0 aliphatic rings. The predicted molar refractivity (Wildman–Crippen MR) is 376 cm³/mol. The summed E-state index contributed by atoms with van der Waals surface area (Å²) in [5.41, 5.74) is 7.13. The number of benzene rings is 4. The van der Waals surface area contributed by atoms with E-state index in [0.29, 0.717) is 6.42 Å². The summed E-state index contributed by atoms with van der Waals surface area (Å²) in [4.78, 5) is 13.1. The van der Waals surface area contributed by atoms with Gasteiger partial charge in [-0.1, -0.05) is 243 Å². The number of rotatable bonds is 39. The second kappa shape index (κ2) is 52.6. The molecule has 0 spiro atoms. The van der Waals surface area contributed by atoms with Crippen molar-refractivity contribution in [3.63, 3.8) is 0 Å². The molecule has 0 saturated carbocycles. The van der Waals surface area contributed by atoms with Crippen LogP contribution in [0.5, 0.6) is 11.5 Å². The first kappa shape index (κ1) is 81.6. The highest BCUT2D eigenvalue weighted by Crippen LogP contribution is 2.18. The van der Waals surface area contributed by atoms with E-state index in [2.05, 4.69) is 125 Å². The van der Waals surface area contributed by atoms with Crippen molar-refractivity contribution in [1.82, 2.24) is 20.9 Å². The summed E-state index contributed by atoms with van der Waals surface area (Å²) in [6, 6.07) is 33.3. The Labute approximate surface area is 531 Å². The molecule has 4 aromatic rings. The molecule has 87 heavy (non-hydrogen) atoms. The zero-order valence-electron chi connectivity index (χ0n) is 55.8. The maximum absolute atomic E-state index is 11.1. The van der Waals surface area contributed by atoms with Gasteiger partial charge in [0.1, 0.15) is 11.5 Å². The van der Waals surface area contributed by atoms with Gasteiger partial charge in [-0.2, -0.15) is 0 Å². The van der Waals surface area contributed by atoms with Crippen LogP contribution in [0.4, 0.5) is 0 Å². The van der Waals surface area contributed by atoms with E-state index in [0.717, 1.165) is 92.0 Å². The minimum absolute atomic E-state index is 0. The number of amides is 1. The van der Waals surface area contributed by atoms with Crippen LogP contribution in [0.25, 0.3) is 24.3 Å². The van der Waals surface area contributed by atoms with Gasteiger partial charge in [0, 0.05) is 25.0 Å². The molecule has 0 fully saturated rings. The van der Waals surface area contributed by atoms with Crippen molar-refractivity contribution < 1.29 is 34.7 Å². The topological polar surface area (TPSA) is 156 Å². The monoisotopic (exact) mass is 1200 g/mol. The first-order valence-corrected chi connectivity index (χ1v) is 33.0. The number of hydrogen-bond acceptors (Lipinski definition) is 10. The Balaban J connectivity index is 0.00000113. The second-order valence-electron chi connectivity index (χ2n) is 22.6. The maximum atomic E-state index is 11.1. The van der Waals surface area contributed by atoms with Gasteiger partial charge in [-0.25, -0.2) is 0 Å². The molecule has 7 N–H and O–H groups in total. The number of hydrogen-bond donors (Lipinski definition) is 7. The second-order valence-corrected chi connectivity index (χ2v) is 22.6. The predicted octanol–water partition coefficient (Wildman–Crippen LogP) is 16.1. The molecule has 11 heteroatoms. The third-order valence-electron chi connectivity index (χ3n) is 15.1. The molecule has 4 aromatic carbocycles. The lowest BCUT2D eigenvalue weighted by atomic mass is 10.0. The Morgan fingerprint density at radius 3 is 1.10 bits per heavy atom. The quantitative estimate of drug-likeness (QED) is 0.0215. The van der Waals surface area contributed by atoms with Crippen molar-refractivity contribution in [2.24, 2.45) is 0 Å². The number of nitrogens with one attached hydrogen (secondary N) is 3. The molecule has 0 saturated heterocycles. The molecule has 1 amide bonds. The Kier molecular flexibility index (Phi) is 49.3. The zero-order chi connectivity index (χ0) is 63.7. The van der Waals surface area contributed by atoms with Crippen LogP contribution in [0.1, 0.15) is 213 Å². The summed E-state index contributed by atoms with van der Waals surface area (Å²) < 4.78 is 11.4. The lowest BCUT2D eigenvalue weighted by Crippen LogP contribution is -2.40. The Morgan fingerprint density at radius 2 is 0.793 bits per heavy atom. The number of aliphatic hydroxyl groups excluding tert-OH is 4. The highest BCUT2D eigenvalue weighted by molar-refractivity contribution is 5.73. The number of nitrogens with zero attached hydrogens (tertiary/aromatic N) is 1. The Morgan fingerprint density at radius 1 is 0.460 bits per heavy atom. The Hall–Kier alpha value is -5.37. The third kappa shape index (κ3) is 38.6. The van der Waals surface area contributed by atoms with Crippen LogP contribution in [0, 0.1) is 0 Å². The van der Waals surface area contributed by atoms with Crippen LogP contribution in [-0.4, -0.2) is 121 Å². The fraction of sp³-hybridized carbons (Fsp3) is 0.566. The van der Waals surface area contributed by atoms with Gasteiger partial charge in [-0.3, -0.25) is 4.79 Å². The number of unbranched alkanes of at least 4 members (excludes halogenated alkanes) is 8. The van der Waals surface area contributed by atoms with Gasteiger partial charge >= 0.3 is 0 Å². The van der Waals surface area contributed by atoms with E-state index in [-0.39, 0.29) is 37.5 Å². The van der Waals surface area contributed by atoms with Crippen LogP contribution in [0.3, 0.4) is 0 Å². The molecule has 0 heterocycles. The molecule has 8 atom stereocenters. The van der Waals surface area contributed by atoms with Gasteiger partial charge < -0.3 is 50.8 Å². The van der Waals surface area contributed by atoms with Crippen LogP contribution in [0.15, 0.2) is 121 Å². The van der Waals surface area contributed by atoms with E-state index >= 15 is 0 Å². The van der Waals surface area contributed by atoms with Crippen molar-refractivity contribution in [3.8, 4) is 11.5 Å². The van der Waals surface area contributed by atoms with Crippen molar-refractivity contribution in [3.05, 3.63) is 155 Å². The molecular formula is C76H124N4O7. The van der Waals surface area contributed by atoms with Crippen LogP contribution < -0.4 is 25.4 Å². The van der Waals surface area contributed by atoms with E-state index < -0.39 is 24.4 Å². The number of carbonyl (C=O) groups is 1. The molecule has 490 valence electrons. The standard InChI is InChI=1S/C19H31NO2.C19H29NO2.C19H31NO.C18H29NO2.CH4/c1-5-7-8-15-22-17-12-9-16(10-13-17)11-14-19(21)18(6-2)20(3)4;1-4-6-7-8-16-9-11-17(12-10-16)13-14-19(22)18(5-2)20-15(3)21;1-4-7-8-9-16-10-12-17(13-11-16)14-15-19(21)18(5-2)20-6-3;1-4-6-7-14-21-16-11-8-15(9-12-16)10-13-18(20)17(5-2)19-3;/h9-14,18-19,21H,5-8,15H2,1-4H3;9-14,18-19,22H,4-8H2,1-3H3,(H,20,21);10-15,18-21H,4-9H2,1-3H3;8-13,17-20H,4-7,14H2,1-3H3;1H4/b14-11+;14-13+;15-14+;13-10+;/t3*18-,19+;17-,18+;/m1111./s1. The number of aryl methyl sites for hydroxylation is 2. The first-order valence-electron chi connectivity index (χ1n) is 33.0. The summed E-state index contributed by atoms with van der Waals surface area (Å²) in [7, 11) is 5.86. The SMILES string of the molecule is C.CCCCCOc1ccc(/C=C/[C@H](O)[C@@H](CC)N(C)C)cc1.CCCCCOc1ccc(/C=C/[C@H](O)[C@@H](CC)NC)cc1.CCCCCc1ccc(/C=C/[C@H](O)[C@@H](CC)NC(C)=O)cc1.CCCCCc1ccc(/C=C/[C@H](O)[C@@H](CC)NCC)cc1. The minimum Gasteiger partial charge on any atom is -0.494 e. The summed E-state index contributed by atoms with van der Waals surface area (Å²) in [6.45, 7) is 23.0. The molecule has 4 rings (SSSR count). The lowest BCUT2D eigenvalue weighted by Gasteiger charge is -2.25. The summed E-state index contributed by atoms with van der Waals surface area (Å²) in [5.74, 6) is 1.70. The molecule has 0 radical (unpaired) electrons. The maximum Gasteiger partial charge on any atom is 0.217 e. The molecule has 0 aromatic heterocycles. The van der Waals surface area contributed by atoms with Crippen LogP contribution in [-0.2, 0) is 17.6 Å². The summed E-state index contributed by atoms with van der Waals surface area (Å²) in [6.07, 6.45) is 33.5. The average molecular weight is 1210 g/mol. The number of likely N-dealkylation sites (N-methyl/N-ethyl adjacent to an activating group) is 3. The Bertz CT molecular complexity index is 2350. The molecule has 0 aliphatic heterocycles. The minimum atomic E-state index is -0.668. The largest absolute Gasteiger partial charge is 0.494 e. The van der Waals surface area contributed by atoms with Crippen molar-refractivity contribution >= 4 is 30.2 Å². The van der Waals surface area contributed by atoms with Crippen LogP contribution in [0.2, 0.25) is 0 Å². The van der Waals surface area contributed by atoms with Crippen molar-refractivity contribution in [2.45, 2.75) is 241 Å². The van der Waals surface area contributed by atoms with E-state index in [9.17, 15) is 25.2 Å². The fourth-order valence-electron chi connectivity index (χ4n) is 9.54. The molecular weight excluding hydrogens is 1080 g/mol. The number of aliphatic hydroxyl groups is 4. The van der Waals surface area contributed by atoms with Gasteiger partial charge in [0.25, 0.3) is 0 Å². The van der Waals surface area contributed by atoms with E-state index in [1.807, 2.05) is 119 Å². The van der Waals surface area contributed by atoms with E-state index in [1.54, 1.807) is 6.08 Å². The molecule has 11 nitrogen and oxygen atoms in total. The van der Waals surface area contributed by atoms with E-state index in [1.165, 1.54) is 88.7 Å². The van der Waals surface area contributed by atoms with E-state index in [4.69, 9.17) is 9.47 Å². The summed E-state index contributed by atoms with van der Waals surface area (Å²) >= 11 is 0. The molecule has 0 aliphatic carbocycles. The number of ether oxygens (including phenoxy) is 2. The third-order valence-corrected chi connectivity index (χ3v) is 15.1. The summed E-state index contributed by atoms with van der Waals surface area (Å²) in [5, 5.41) is 49.7. The lowest BCUT2D eigenvalue weighted by molar-refractivity contribution is -0.120. The smallest absolute Gasteiger partial charge is 0.217 e. The van der Waals surface area contributed by atoms with Crippen molar-refractivity contribution in [2.75, 3.05) is 40.9 Å². The zero-order valence-corrected chi connectivity index (χ0v) is 55.8.